The maximum atomic E-state index is 9.75. The van der Waals surface area contributed by atoms with Crippen LogP contribution in [0.5, 0.6) is 0 Å². The van der Waals surface area contributed by atoms with Gasteiger partial charge in [0.05, 0.1) is 0 Å². The van der Waals surface area contributed by atoms with Gasteiger partial charge in [0, 0.05) is 0 Å². The van der Waals surface area contributed by atoms with Crippen LogP contribution in [0.1, 0.15) is 1.43 Å². The van der Waals surface area contributed by atoms with Gasteiger partial charge in [-0.05, 0) is 0 Å². The molecule has 0 unspecified atom stereocenters. The molecule has 7 heavy (non-hydrogen) atoms. The predicted octanol–water partition coefficient (Wildman–Crippen LogP) is -1.43. The number of rotatable bonds is 0. The van der Waals surface area contributed by atoms with Crippen LogP contribution >= 0.6 is 0 Å². The molecule has 0 aromatic heterocycles. The van der Waals surface area contributed by atoms with Crippen LogP contribution in [0.3, 0.4) is 0 Å². The molecule has 0 saturated carbocycles. The standard InChI is InChI=1S/BF4.FH.K.H/c2-1(3,4)5;;;/h;1H;;/q-1;;+1;-1. The fraction of sp³-hybridized carbons (Fsp3) is 0. The molecule has 0 bridgehead atoms. The van der Waals surface area contributed by atoms with Gasteiger partial charge in [0.2, 0.25) is 0 Å². The fourth-order valence-corrected chi connectivity index (χ4v) is 0. The van der Waals surface area contributed by atoms with E-state index in [4.69, 9.17) is 0 Å². The molecule has 0 spiro atoms. The Morgan fingerprint density at radius 3 is 1.00 bits per heavy atom. The largest absolute Gasteiger partial charge is 1.00 e. The van der Waals surface area contributed by atoms with Crippen molar-refractivity contribution in [1.82, 2.24) is 0 Å². The van der Waals surface area contributed by atoms with Gasteiger partial charge in [-0.15, -0.1) is 0 Å². The molecule has 0 amide bonds. The van der Waals surface area contributed by atoms with Crippen LogP contribution in [0.15, 0.2) is 0 Å². The van der Waals surface area contributed by atoms with Crippen molar-refractivity contribution >= 4 is 7.25 Å². The Morgan fingerprint density at radius 2 is 1.00 bits per heavy atom. The Labute approximate surface area is 81.0 Å². The predicted molar refractivity (Wildman–Crippen MR) is 13.8 cm³/mol. The third-order valence-electron chi connectivity index (χ3n) is 0. The molecule has 7 heteroatoms. The maximum Gasteiger partial charge on any atom is 1.00 e. The van der Waals surface area contributed by atoms with Crippen LogP contribution in [0.4, 0.5) is 22.0 Å². The van der Waals surface area contributed by atoms with E-state index in [-0.39, 0.29) is 57.5 Å². The smallest absolute Gasteiger partial charge is 1.00 e. The fourth-order valence-electron chi connectivity index (χ4n) is 0. The van der Waals surface area contributed by atoms with Crippen molar-refractivity contribution in [3.8, 4) is 0 Å². The zero-order chi connectivity index (χ0) is 4.50. The summed E-state index contributed by atoms with van der Waals surface area (Å²) < 4.78 is 39.0. The molecule has 0 atom stereocenters. The summed E-state index contributed by atoms with van der Waals surface area (Å²) >= 11 is 0. The minimum atomic E-state index is -6.00. The van der Waals surface area contributed by atoms with Gasteiger partial charge >= 0.3 is 58.6 Å². The zero-order valence-electron chi connectivity index (χ0n) is 4.50. The summed E-state index contributed by atoms with van der Waals surface area (Å²) in [6.45, 7) is 0. The van der Waals surface area contributed by atoms with Crippen molar-refractivity contribution in [2.45, 2.75) is 0 Å². The van der Waals surface area contributed by atoms with Gasteiger partial charge in [-0.25, -0.2) is 0 Å². The second kappa shape index (κ2) is 5.49. The van der Waals surface area contributed by atoms with Crippen LogP contribution in [0.25, 0.3) is 0 Å². The van der Waals surface area contributed by atoms with Crippen molar-refractivity contribution < 1.29 is 74.8 Å². The molecule has 0 heterocycles. The van der Waals surface area contributed by atoms with Crippen LogP contribution in [0, 0.1) is 0 Å². The normalized spacial score (nSPS) is 8.57. The van der Waals surface area contributed by atoms with Gasteiger partial charge in [-0.2, -0.15) is 0 Å². The molecule has 0 nitrogen and oxygen atoms in total. The third-order valence-corrected chi connectivity index (χ3v) is 0. The molecule has 0 N–H and O–H groups in total. The van der Waals surface area contributed by atoms with Crippen molar-refractivity contribution in [2.75, 3.05) is 0 Å². The summed E-state index contributed by atoms with van der Waals surface area (Å²) in [6, 6.07) is 0. The summed E-state index contributed by atoms with van der Waals surface area (Å²) in [5, 5.41) is 0. The van der Waals surface area contributed by atoms with Gasteiger partial charge in [0.25, 0.3) is 0 Å². The van der Waals surface area contributed by atoms with Crippen LogP contribution in [0.2, 0.25) is 0 Å². The molecule has 0 radical (unpaired) electrons. The Bertz CT molecular complexity index is 27.9. The van der Waals surface area contributed by atoms with Crippen molar-refractivity contribution in [2.24, 2.45) is 0 Å². The second-order valence-electron chi connectivity index (χ2n) is 0.495. The SMILES string of the molecule is F.F[B-](F)(F)F.[H-].[K+]. The van der Waals surface area contributed by atoms with E-state index in [0.29, 0.717) is 0 Å². The minimum absolute atomic E-state index is 0. The molecule has 0 aromatic rings. The van der Waals surface area contributed by atoms with Crippen molar-refractivity contribution in [3.63, 3.8) is 0 Å². The third kappa shape index (κ3) is 115. The zero-order valence-corrected chi connectivity index (χ0v) is 6.62. The quantitative estimate of drug-likeness (QED) is 0.291. The second-order valence-corrected chi connectivity index (χ2v) is 0.495. The monoisotopic (exact) mass is 147 g/mol. The molecule has 0 aliphatic rings. The van der Waals surface area contributed by atoms with Gasteiger partial charge in [0.15, 0.2) is 0 Å². The Hall–Kier alpha value is 1.35. The molecule has 0 rings (SSSR count). The van der Waals surface area contributed by atoms with E-state index in [1.54, 1.807) is 0 Å². The van der Waals surface area contributed by atoms with E-state index in [0.717, 1.165) is 0 Å². The van der Waals surface area contributed by atoms with Gasteiger partial charge in [-0.3, -0.25) is 4.70 Å². The average Bonchev–Trinajstić information content (AvgIpc) is 0.722. The summed E-state index contributed by atoms with van der Waals surface area (Å²) in [5.41, 5.74) is 0. The van der Waals surface area contributed by atoms with Crippen LogP contribution < -0.4 is 51.4 Å². The van der Waals surface area contributed by atoms with Crippen molar-refractivity contribution in [1.29, 1.82) is 0 Å². The number of halogens is 5. The van der Waals surface area contributed by atoms with Crippen LogP contribution in [-0.4, -0.2) is 7.25 Å². The van der Waals surface area contributed by atoms with Crippen molar-refractivity contribution in [3.05, 3.63) is 0 Å². The Morgan fingerprint density at radius 1 is 1.00 bits per heavy atom. The summed E-state index contributed by atoms with van der Waals surface area (Å²) in [7, 11) is -6.00. The molecule has 0 fully saturated rings. The van der Waals surface area contributed by atoms with E-state index >= 15 is 0 Å². The summed E-state index contributed by atoms with van der Waals surface area (Å²) in [5.74, 6) is 0. The Kier molecular flexibility index (Phi) is 12.4. The first-order valence-corrected chi connectivity index (χ1v) is 0.873. The van der Waals surface area contributed by atoms with E-state index in [9.17, 15) is 17.3 Å². The molecule has 0 saturated heterocycles. The maximum absolute atomic E-state index is 9.75. The number of hydrogen-bond acceptors (Lipinski definition) is 0. The van der Waals surface area contributed by atoms with Gasteiger partial charge in [0.1, 0.15) is 0 Å². The van der Waals surface area contributed by atoms with Gasteiger partial charge in [-0.1, -0.05) is 0 Å². The molecule has 0 aliphatic heterocycles. The molecule has 0 aliphatic carbocycles. The average molecular weight is 147 g/mol. The first-order valence-electron chi connectivity index (χ1n) is 0.873. The molecule has 42 valence electrons. The summed E-state index contributed by atoms with van der Waals surface area (Å²) in [4.78, 5) is 0. The topological polar surface area (TPSA) is 0 Å². The minimum Gasteiger partial charge on any atom is -1.00 e. The van der Waals surface area contributed by atoms with Crippen LogP contribution in [-0.2, 0) is 0 Å². The molecular formula is H2BF5K-. The molecule has 0 aromatic carbocycles. The van der Waals surface area contributed by atoms with E-state index < -0.39 is 7.25 Å². The summed E-state index contributed by atoms with van der Waals surface area (Å²) in [6.07, 6.45) is 0. The first kappa shape index (κ1) is 15.8. The first-order chi connectivity index (χ1) is 2.00. The van der Waals surface area contributed by atoms with E-state index in [1.165, 1.54) is 0 Å². The van der Waals surface area contributed by atoms with E-state index in [2.05, 4.69) is 0 Å². The van der Waals surface area contributed by atoms with E-state index in [1.807, 2.05) is 0 Å². The number of hydrogen-bond donors (Lipinski definition) is 0. The van der Waals surface area contributed by atoms with Gasteiger partial charge < -0.3 is 18.7 Å². The molecular weight excluding hydrogens is 145 g/mol. The Balaban J connectivity index is -0.0000000267.